The monoisotopic (exact) mass is 198 g/mol. The molecule has 1 rings (SSSR count). The molecule has 1 fully saturated rings. The summed E-state index contributed by atoms with van der Waals surface area (Å²) in [6.45, 7) is -0.274. The van der Waals surface area contributed by atoms with Gasteiger partial charge < -0.3 is 14.9 Å². The zero-order valence-electron chi connectivity index (χ0n) is 6.54. The van der Waals surface area contributed by atoms with Gasteiger partial charge in [0.1, 0.15) is 17.9 Å². The second-order valence-corrected chi connectivity index (χ2v) is 3.22. The summed E-state index contributed by atoms with van der Waals surface area (Å²) in [6.07, 6.45) is -2.53. The van der Waals surface area contributed by atoms with Crippen LogP contribution in [0.2, 0.25) is 0 Å². The van der Waals surface area contributed by atoms with Crippen LogP contribution in [-0.2, 0) is 4.74 Å². The van der Waals surface area contributed by atoms with Crippen LogP contribution < -0.4 is 0 Å². The van der Waals surface area contributed by atoms with Crippen molar-refractivity contribution in [3.05, 3.63) is 0 Å². The van der Waals surface area contributed by atoms with E-state index in [2.05, 4.69) is 0 Å². The van der Waals surface area contributed by atoms with Gasteiger partial charge in [0.25, 0.3) is 0 Å². The number of aliphatic hydroxyl groups is 2. The Bertz CT molecular complexity index is 152. The van der Waals surface area contributed by atoms with Crippen molar-refractivity contribution in [3.63, 3.8) is 0 Å². The van der Waals surface area contributed by atoms with E-state index in [9.17, 15) is 9.50 Å². The van der Waals surface area contributed by atoms with Crippen molar-refractivity contribution in [1.29, 1.82) is 0 Å². The highest BCUT2D eigenvalue weighted by atomic mass is 35.5. The van der Waals surface area contributed by atoms with Gasteiger partial charge in [0.2, 0.25) is 0 Å². The summed E-state index contributed by atoms with van der Waals surface area (Å²) >= 11 is 5.49. The molecular weight excluding hydrogens is 187 g/mol. The summed E-state index contributed by atoms with van der Waals surface area (Å²) in [7, 11) is 0. The zero-order chi connectivity index (χ0) is 9.19. The lowest BCUT2D eigenvalue weighted by molar-refractivity contribution is -0.186. The molecule has 0 radical (unpaired) electrons. The average Bonchev–Trinajstić information content (AvgIpc) is 2.11. The topological polar surface area (TPSA) is 49.7 Å². The third kappa shape index (κ3) is 1.57. The fraction of sp³-hybridized carbons (Fsp3) is 1.00. The van der Waals surface area contributed by atoms with E-state index in [4.69, 9.17) is 21.4 Å². The number of aliphatic hydroxyl groups excluding tert-OH is 2. The van der Waals surface area contributed by atoms with E-state index in [0.29, 0.717) is 0 Å². The van der Waals surface area contributed by atoms with Crippen LogP contribution in [0.15, 0.2) is 0 Å². The van der Waals surface area contributed by atoms with Gasteiger partial charge in [-0.2, -0.15) is 0 Å². The van der Waals surface area contributed by atoms with Crippen molar-refractivity contribution >= 4 is 11.6 Å². The van der Waals surface area contributed by atoms with Gasteiger partial charge in [-0.1, -0.05) is 0 Å². The number of halogens is 2. The largest absolute Gasteiger partial charge is 0.393 e. The highest BCUT2D eigenvalue weighted by Crippen LogP contribution is 2.28. The fourth-order valence-electron chi connectivity index (χ4n) is 1.25. The Morgan fingerprint density at radius 2 is 2.33 bits per heavy atom. The van der Waals surface area contributed by atoms with E-state index in [-0.39, 0.29) is 18.9 Å². The van der Waals surface area contributed by atoms with E-state index >= 15 is 0 Å². The van der Waals surface area contributed by atoms with Crippen molar-refractivity contribution in [3.8, 4) is 0 Å². The molecule has 3 atom stereocenters. The van der Waals surface area contributed by atoms with Crippen molar-refractivity contribution in [2.75, 3.05) is 19.1 Å². The molecule has 1 aliphatic heterocycles. The molecule has 0 spiro atoms. The Labute approximate surface area is 75.1 Å². The van der Waals surface area contributed by atoms with Crippen molar-refractivity contribution < 1.29 is 19.3 Å². The minimum Gasteiger partial charge on any atom is -0.393 e. The highest BCUT2D eigenvalue weighted by Gasteiger charge is 2.45. The van der Waals surface area contributed by atoms with Crippen LogP contribution in [0, 0.1) is 0 Å². The minimum absolute atomic E-state index is 0.106. The maximum atomic E-state index is 12.9. The molecule has 72 valence electrons. The Hall–Kier alpha value is 0.1000. The van der Waals surface area contributed by atoms with E-state index < -0.39 is 24.5 Å². The molecule has 1 aliphatic rings. The number of ether oxygens (including phenoxy) is 1. The van der Waals surface area contributed by atoms with Crippen LogP contribution in [0.25, 0.3) is 0 Å². The van der Waals surface area contributed by atoms with E-state index in [0.717, 1.165) is 0 Å². The maximum absolute atomic E-state index is 12.9. The fourth-order valence-corrected chi connectivity index (χ4v) is 1.57. The predicted octanol–water partition coefficient (Wildman–Crippen LogP) is 0.0756. The van der Waals surface area contributed by atoms with Crippen LogP contribution in [0.1, 0.15) is 6.42 Å². The van der Waals surface area contributed by atoms with E-state index in [1.54, 1.807) is 0 Å². The normalized spacial score (nSPS) is 43.0. The molecule has 5 heteroatoms. The lowest BCUT2D eigenvalue weighted by atomic mass is 9.92. The third-order valence-corrected chi connectivity index (χ3v) is 2.61. The van der Waals surface area contributed by atoms with Gasteiger partial charge in [0.05, 0.1) is 19.1 Å². The maximum Gasteiger partial charge on any atom is 0.133 e. The zero-order valence-corrected chi connectivity index (χ0v) is 7.30. The first-order chi connectivity index (χ1) is 5.66. The predicted molar refractivity (Wildman–Crippen MR) is 42.0 cm³/mol. The summed E-state index contributed by atoms with van der Waals surface area (Å²) in [6, 6.07) is 0. The van der Waals surface area contributed by atoms with Gasteiger partial charge >= 0.3 is 0 Å². The first-order valence-corrected chi connectivity index (χ1v) is 4.32. The summed E-state index contributed by atoms with van der Waals surface area (Å²) in [5.74, 6) is -0.106. The molecular formula is C7H12ClFO3. The minimum atomic E-state index is -1.36. The molecule has 0 aromatic rings. The van der Waals surface area contributed by atoms with Crippen LogP contribution in [0.3, 0.4) is 0 Å². The number of hydrogen-bond donors (Lipinski definition) is 2. The molecule has 0 aromatic heterocycles. The molecule has 3 nitrogen and oxygen atoms in total. The summed E-state index contributed by atoms with van der Waals surface area (Å²) < 4.78 is 18.0. The summed E-state index contributed by atoms with van der Waals surface area (Å²) in [5.41, 5.74) is -1.31. The first-order valence-electron chi connectivity index (χ1n) is 3.79. The Kier molecular flexibility index (Phi) is 3.29. The van der Waals surface area contributed by atoms with Crippen LogP contribution >= 0.6 is 11.6 Å². The molecule has 0 aliphatic carbocycles. The second kappa shape index (κ2) is 3.87. The van der Waals surface area contributed by atoms with Crippen molar-refractivity contribution in [2.45, 2.75) is 24.3 Å². The molecule has 1 heterocycles. The first kappa shape index (κ1) is 10.2. The summed E-state index contributed by atoms with van der Waals surface area (Å²) in [4.78, 5) is 0. The van der Waals surface area contributed by atoms with Crippen LogP contribution in [-0.4, -0.2) is 47.2 Å². The molecule has 0 saturated carbocycles. The Balaban J connectivity index is 2.71. The molecule has 0 bridgehead atoms. The molecule has 1 saturated heterocycles. The van der Waals surface area contributed by atoms with Gasteiger partial charge in [-0.15, -0.1) is 11.6 Å². The van der Waals surface area contributed by atoms with Crippen molar-refractivity contribution in [1.82, 2.24) is 0 Å². The quantitative estimate of drug-likeness (QED) is 0.618. The number of alkyl halides is 2. The molecule has 0 amide bonds. The van der Waals surface area contributed by atoms with Gasteiger partial charge in [-0.3, -0.25) is 0 Å². The summed E-state index contributed by atoms with van der Waals surface area (Å²) in [5, 5.41) is 18.2. The second-order valence-electron chi connectivity index (χ2n) is 2.95. The van der Waals surface area contributed by atoms with Crippen molar-refractivity contribution in [2.24, 2.45) is 0 Å². The SMILES string of the molecule is OC[C@@]1(CCl)OCCC(F)[C@@H]1O. The molecule has 1 unspecified atom stereocenters. The van der Waals surface area contributed by atoms with Gasteiger partial charge in [-0.05, 0) is 0 Å². The number of rotatable bonds is 2. The van der Waals surface area contributed by atoms with Gasteiger partial charge in [0.15, 0.2) is 0 Å². The average molecular weight is 199 g/mol. The highest BCUT2D eigenvalue weighted by molar-refractivity contribution is 6.18. The number of hydrogen-bond acceptors (Lipinski definition) is 3. The Morgan fingerprint density at radius 1 is 1.67 bits per heavy atom. The van der Waals surface area contributed by atoms with Gasteiger partial charge in [-0.25, -0.2) is 4.39 Å². The lowest BCUT2D eigenvalue weighted by Gasteiger charge is -2.40. The standard InChI is InChI=1S/C7H12ClFO3/c8-3-7(4-10)6(11)5(9)1-2-12-7/h5-6,10-11H,1-4H2/t5?,6-,7+/m0/s1. The smallest absolute Gasteiger partial charge is 0.133 e. The third-order valence-electron chi connectivity index (χ3n) is 2.16. The molecule has 12 heavy (non-hydrogen) atoms. The van der Waals surface area contributed by atoms with E-state index in [1.165, 1.54) is 0 Å². The van der Waals surface area contributed by atoms with Crippen LogP contribution in [0.5, 0.6) is 0 Å². The molecule has 0 aromatic carbocycles. The molecule has 2 N–H and O–H groups in total. The van der Waals surface area contributed by atoms with E-state index in [1.807, 2.05) is 0 Å². The lowest BCUT2D eigenvalue weighted by Crippen LogP contribution is -2.57. The Morgan fingerprint density at radius 3 is 2.75 bits per heavy atom. The van der Waals surface area contributed by atoms with Crippen LogP contribution in [0.4, 0.5) is 4.39 Å². The van der Waals surface area contributed by atoms with Gasteiger partial charge in [0, 0.05) is 6.42 Å².